The standard InChI is InChI=1S/C20H23FN2O4/c1-25-19-7-14(4-5-17(19)21)8-22-9-15-10-23(11-16(22)13-26-12-15)20(24)18-3-2-6-27-18/h2-7,15-16H,8-13H2,1H3/t15-,16+/m1/s1. The summed E-state index contributed by atoms with van der Waals surface area (Å²) < 4.78 is 29.9. The highest BCUT2D eigenvalue weighted by molar-refractivity contribution is 5.91. The Morgan fingerprint density at radius 3 is 2.93 bits per heavy atom. The van der Waals surface area contributed by atoms with Crippen LogP contribution in [-0.4, -0.2) is 61.7 Å². The number of halogens is 1. The van der Waals surface area contributed by atoms with Crippen LogP contribution >= 0.6 is 0 Å². The molecule has 1 amide bonds. The fourth-order valence-corrected chi connectivity index (χ4v) is 3.88. The number of carbonyl (C=O) groups excluding carboxylic acids is 1. The Balaban J connectivity index is 1.52. The molecule has 2 aliphatic rings. The molecule has 1 aromatic heterocycles. The van der Waals surface area contributed by atoms with E-state index >= 15 is 0 Å². The van der Waals surface area contributed by atoms with Crippen molar-refractivity contribution < 1.29 is 23.1 Å². The number of furan rings is 1. The van der Waals surface area contributed by atoms with Gasteiger partial charge in [-0.05, 0) is 29.8 Å². The monoisotopic (exact) mass is 374 g/mol. The Kier molecular flexibility index (Phi) is 5.13. The van der Waals surface area contributed by atoms with Crippen molar-refractivity contribution >= 4 is 5.91 Å². The number of hydrogen-bond acceptors (Lipinski definition) is 5. The molecule has 0 N–H and O–H groups in total. The van der Waals surface area contributed by atoms with Gasteiger partial charge in [0.2, 0.25) is 0 Å². The molecule has 4 rings (SSSR count). The van der Waals surface area contributed by atoms with Crippen LogP contribution in [0.5, 0.6) is 5.75 Å². The maximum Gasteiger partial charge on any atom is 0.289 e. The molecule has 2 fully saturated rings. The number of amides is 1. The first-order chi connectivity index (χ1) is 13.1. The summed E-state index contributed by atoms with van der Waals surface area (Å²) in [5.74, 6) is 0.386. The second-order valence-electron chi connectivity index (χ2n) is 7.14. The molecule has 0 aliphatic carbocycles. The van der Waals surface area contributed by atoms with Gasteiger partial charge in [0.25, 0.3) is 5.91 Å². The van der Waals surface area contributed by atoms with E-state index in [2.05, 4.69) is 4.90 Å². The number of carbonyl (C=O) groups is 1. The molecule has 2 atom stereocenters. The molecule has 2 aliphatic heterocycles. The lowest BCUT2D eigenvalue weighted by atomic mass is 10.1. The molecule has 2 saturated heterocycles. The van der Waals surface area contributed by atoms with E-state index in [1.165, 1.54) is 19.4 Å². The van der Waals surface area contributed by atoms with E-state index in [1.54, 1.807) is 24.3 Å². The van der Waals surface area contributed by atoms with Crippen LogP contribution in [0.25, 0.3) is 0 Å². The number of nitrogens with zero attached hydrogens (tertiary/aromatic N) is 2. The largest absolute Gasteiger partial charge is 0.494 e. The van der Waals surface area contributed by atoms with Gasteiger partial charge in [-0.2, -0.15) is 0 Å². The number of methoxy groups -OCH3 is 1. The minimum absolute atomic E-state index is 0.0764. The van der Waals surface area contributed by atoms with E-state index in [0.717, 1.165) is 12.1 Å². The molecule has 2 aromatic rings. The van der Waals surface area contributed by atoms with Crippen LogP contribution in [0.15, 0.2) is 41.0 Å². The summed E-state index contributed by atoms with van der Waals surface area (Å²) >= 11 is 0. The predicted molar refractivity (Wildman–Crippen MR) is 96.1 cm³/mol. The maximum atomic E-state index is 13.7. The summed E-state index contributed by atoms with van der Waals surface area (Å²) in [5.41, 5.74) is 0.977. The Morgan fingerprint density at radius 2 is 2.15 bits per heavy atom. The summed E-state index contributed by atoms with van der Waals surface area (Å²) in [7, 11) is 1.47. The van der Waals surface area contributed by atoms with Gasteiger partial charge >= 0.3 is 0 Å². The molecule has 27 heavy (non-hydrogen) atoms. The number of hydrogen-bond donors (Lipinski definition) is 0. The maximum absolute atomic E-state index is 13.7. The number of benzene rings is 1. The molecule has 144 valence electrons. The summed E-state index contributed by atoms with van der Waals surface area (Å²) in [5, 5.41) is 0. The van der Waals surface area contributed by atoms with Crippen LogP contribution in [0.2, 0.25) is 0 Å². The van der Waals surface area contributed by atoms with Gasteiger partial charge in [0.15, 0.2) is 17.3 Å². The normalized spacial score (nSPS) is 23.1. The molecule has 0 unspecified atom stereocenters. The van der Waals surface area contributed by atoms with E-state index in [4.69, 9.17) is 13.9 Å². The van der Waals surface area contributed by atoms with Crippen LogP contribution in [0.3, 0.4) is 0 Å². The minimum Gasteiger partial charge on any atom is -0.494 e. The van der Waals surface area contributed by atoms with Gasteiger partial charge in [0.1, 0.15) is 0 Å². The summed E-state index contributed by atoms with van der Waals surface area (Å²) in [4.78, 5) is 16.9. The molecule has 2 bridgehead atoms. The van der Waals surface area contributed by atoms with Crippen molar-refractivity contribution in [1.82, 2.24) is 9.80 Å². The third-order valence-corrected chi connectivity index (χ3v) is 5.20. The topological polar surface area (TPSA) is 55.2 Å². The lowest BCUT2D eigenvalue weighted by Gasteiger charge is -2.31. The molecule has 6 nitrogen and oxygen atoms in total. The number of ether oxygens (including phenoxy) is 2. The van der Waals surface area contributed by atoms with E-state index in [1.807, 2.05) is 4.90 Å². The van der Waals surface area contributed by atoms with Crippen molar-refractivity contribution in [2.75, 3.05) is 40.0 Å². The van der Waals surface area contributed by atoms with Crippen molar-refractivity contribution in [3.8, 4) is 5.75 Å². The fraction of sp³-hybridized carbons (Fsp3) is 0.450. The van der Waals surface area contributed by atoms with E-state index < -0.39 is 0 Å². The summed E-state index contributed by atoms with van der Waals surface area (Å²) in [6.45, 7) is 3.89. The summed E-state index contributed by atoms with van der Waals surface area (Å²) in [6.07, 6.45) is 1.52. The van der Waals surface area contributed by atoms with Crippen LogP contribution < -0.4 is 4.74 Å². The lowest BCUT2D eigenvalue weighted by molar-refractivity contribution is 0.0388. The lowest BCUT2D eigenvalue weighted by Crippen LogP contribution is -2.45. The minimum atomic E-state index is -0.366. The third kappa shape index (κ3) is 3.84. The van der Waals surface area contributed by atoms with Gasteiger partial charge in [0.05, 0.1) is 32.6 Å². The third-order valence-electron chi connectivity index (χ3n) is 5.20. The average Bonchev–Trinajstić information content (AvgIpc) is 3.06. The van der Waals surface area contributed by atoms with E-state index in [0.29, 0.717) is 38.6 Å². The van der Waals surface area contributed by atoms with Gasteiger partial charge in [-0.15, -0.1) is 0 Å². The Hall–Kier alpha value is -2.38. The van der Waals surface area contributed by atoms with Crippen molar-refractivity contribution in [3.63, 3.8) is 0 Å². The highest BCUT2D eigenvalue weighted by Crippen LogP contribution is 2.25. The highest BCUT2D eigenvalue weighted by Gasteiger charge is 2.35. The second kappa shape index (κ2) is 7.70. The van der Waals surface area contributed by atoms with Crippen molar-refractivity contribution in [1.29, 1.82) is 0 Å². The predicted octanol–water partition coefficient (Wildman–Crippen LogP) is 2.40. The van der Waals surface area contributed by atoms with Gasteiger partial charge in [-0.25, -0.2) is 4.39 Å². The number of rotatable bonds is 4. The Labute approximate surface area is 157 Å². The molecule has 7 heteroatoms. The van der Waals surface area contributed by atoms with Crippen LogP contribution in [0.4, 0.5) is 4.39 Å². The van der Waals surface area contributed by atoms with Gasteiger partial charge < -0.3 is 18.8 Å². The number of fused-ring (bicyclic) bond motifs is 3. The van der Waals surface area contributed by atoms with E-state index in [-0.39, 0.29) is 29.4 Å². The first-order valence-electron chi connectivity index (χ1n) is 9.11. The van der Waals surface area contributed by atoms with Crippen molar-refractivity contribution in [3.05, 3.63) is 53.7 Å². The molecule has 0 radical (unpaired) electrons. The molecule has 1 aromatic carbocycles. The molecular weight excluding hydrogens is 351 g/mol. The van der Waals surface area contributed by atoms with Crippen LogP contribution in [0, 0.1) is 11.7 Å². The van der Waals surface area contributed by atoms with Gasteiger partial charge in [-0.1, -0.05) is 6.07 Å². The molecule has 0 spiro atoms. The zero-order chi connectivity index (χ0) is 18.8. The SMILES string of the molecule is COc1cc(CN2C[C@H]3COC[C@@H]2CN(C(=O)c2ccco2)C3)ccc1F. The average molecular weight is 374 g/mol. The molecule has 3 heterocycles. The summed E-state index contributed by atoms with van der Waals surface area (Å²) in [6, 6.07) is 8.44. The van der Waals surface area contributed by atoms with Crippen LogP contribution in [-0.2, 0) is 11.3 Å². The van der Waals surface area contributed by atoms with Crippen molar-refractivity contribution in [2.24, 2.45) is 5.92 Å². The smallest absolute Gasteiger partial charge is 0.289 e. The van der Waals surface area contributed by atoms with Crippen molar-refractivity contribution in [2.45, 2.75) is 12.6 Å². The first kappa shape index (κ1) is 18.0. The highest BCUT2D eigenvalue weighted by atomic mass is 19.1. The zero-order valence-electron chi connectivity index (χ0n) is 15.3. The first-order valence-corrected chi connectivity index (χ1v) is 9.11. The molecular formula is C20H23FN2O4. The quantitative estimate of drug-likeness (QED) is 0.823. The molecule has 0 saturated carbocycles. The fourth-order valence-electron chi connectivity index (χ4n) is 3.88. The zero-order valence-corrected chi connectivity index (χ0v) is 15.3. The Bertz CT molecular complexity index is 795. The second-order valence-corrected chi connectivity index (χ2v) is 7.14. The van der Waals surface area contributed by atoms with Gasteiger partial charge in [0, 0.05) is 32.1 Å². The van der Waals surface area contributed by atoms with Gasteiger partial charge in [-0.3, -0.25) is 9.69 Å². The Morgan fingerprint density at radius 1 is 1.26 bits per heavy atom. The van der Waals surface area contributed by atoms with Crippen LogP contribution in [0.1, 0.15) is 16.1 Å². The van der Waals surface area contributed by atoms with E-state index in [9.17, 15) is 9.18 Å².